The van der Waals surface area contributed by atoms with Crippen LogP contribution in [0, 0.1) is 5.82 Å². The summed E-state index contributed by atoms with van der Waals surface area (Å²) in [5.41, 5.74) is 2.40. The summed E-state index contributed by atoms with van der Waals surface area (Å²) in [6.45, 7) is 10.0. The number of amides is 1. The van der Waals surface area contributed by atoms with Crippen molar-refractivity contribution in [3.8, 4) is 0 Å². The van der Waals surface area contributed by atoms with Crippen LogP contribution < -0.4 is 9.62 Å². The summed E-state index contributed by atoms with van der Waals surface area (Å²) in [4.78, 5) is 13.0. The minimum absolute atomic E-state index is 0.0312. The summed E-state index contributed by atoms with van der Waals surface area (Å²) >= 11 is 0. The molecule has 0 bridgehead atoms. The van der Waals surface area contributed by atoms with Crippen LogP contribution >= 0.6 is 0 Å². The third-order valence-electron chi connectivity index (χ3n) is 5.05. The van der Waals surface area contributed by atoms with E-state index < -0.39 is 27.8 Å². The van der Waals surface area contributed by atoms with Crippen LogP contribution in [-0.2, 0) is 20.2 Å². The fourth-order valence-electron chi connectivity index (χ4n) is 3.31. The van der Waals surface area contributed by atoms with Gasteiger partial charge in [-0.15, -0.1) is 0 Å². The first kappa shape index (κ1) is 23.9. The molecule has 30 heavy (non-hydrogen) atoms. The predicted molar refractivity (Wildman–Crippen MR) is 120 cm³/mol. The zero-order valence-electron chi connectivity index (χ0n) is 18.4. The number of anilines is 1. The number of hydrogen-bond acceptors (Lipinski definition) is 3. The maximum absolute atomic E-state index is 13.3. The van der Waals surface area contributed by atoms with Crippen molar-refractivity contribution < 1.29 is 17.6 Å². The van der Waals surface area contributed by atoms with Crippen molar-refractivity contribution in [2.45, 2.75) is 58.5 Å². The Hall–Kier alpha value is -2.41. The average molecular weight is 435 g/mol. The van der Waals surface area contributed by atoms with Gasteiger partial charge in [-0.1, -0.05) is 52.0 Å². The molecule has 0 aliphatic carbocycles. The topological polar surface area (TPSA) is 66.5 Å². The second-order valence-electron chi connectivity index (χ2n) is 8.56. The van der Waals surface area contributed by atoms with Crippen LogP contribution in [-0.4, -0.2) is 26.6 Å². The summed E-state index contributed by atoms with van der Waals surface area (Å²) in [6, 6.07) is 11.9. The molecule has 2 rings (SSSR count). The van der Waals surface area contributed by atoms with Crippen LogP contribution in [0.2, 0.25) is 0 Å². The van der Waals surface area contributed by atoms with E-state index in [1.165, 1.54) is 29.8 Å². The number of carbonyl (C=O) groups is 1. The Kier molecular flexibility index (Phi) is 7.29. The lowest BCUT2D eigenvalue weighted by Gasteiger charge is -2.31. The average Bonchev–Trinajstić information content (AvgIpc) is 2.65. The van der Waals surface area contributed by atoms with Gasteiger partial charge in [-0.05, 0) is 54.2 Å². The molecule has 0 spiro atoms. The molecule has 0 aliphatic rings. The molecule has 0 aliphatic heterocycles. The number of nitrogens with one attached hydrogen (secondary N) is 1. The van der Waals surface area contributed by atoms with E-state index in [1.54, 1.807) is 6.92 Å². The number of nitrogens with zero attached hydrogens (tertiary/aromatic N) is 1. The minimum Gasteiger partial charge on any atom is -0.348 e. The van der Waals surface area contributed by atoms with E-state index in [4.69, 9.17) is 0 Å². The van der Waals surface area contributed by atoms with E-state index in [0.29, 0.717) is 0 Å². The summed E-state index contributed by atoms with van der Waals surface area (Å²) in [5, 5.41) is 2.92. The van der Waals surface area contributed by atoms with Gasteiger partial charge in [0.1, 0.15) is 11.9 Å². The second kappa shape index (κ2) is 9.16. The monoisotopic (exact) mass is 434 g/mol. The standard InChI is InChI=1S/C23H31FN2O3S/c1-7-21(26(30(6,28)29)20-14-12-19(24)13-15-20)22(27)25-16(2)17-8-10-18(11-9-17)23(3,4)5/h8-16,21H,7H2,1-6H3,(H,25,27)/t16-,21-/m1/s1. The van der Waals surface area contributed by atoms with Crippen molar-refractivity contribution in [3.05, 3.63) is 65.5 Å². The highest BCUT2D eigenvalue weighted by Gasteiger charge is 2.32. The highest BCUT2D eigenvalue weighted by Crippen LogP contribution is 2.25. The van der Waals surface area contributed by atoms with Crippen molar-refractivity contribution in [2.24, 2.45) is 0 Å². The molecule has 0 radical (unpaired) electrons. The number of hydrogen-bond donors (Lipinski definition) is 1. The minimum atomic E-state index is -3.76. The molecule has 5 nitrogen and oxygen atoms in total. The molecule has 2 aromatic rings. The van der Waals surface area contributed by atoms with Gasteiger partial charge in [0.2, 0.25) is 15.9 Å². The second-order valence-corrected chi connectivity index (χ2v) is 10.4. The fraction of sp³-hybridized carbons (Fsp3) is 0.435. The van der Waals surface area contributed by atoms with Gasteiger partial charge in [-0.3, -0.25) is 9.10 Å². The van der Waals surface area contributed by atoms with Crippen molar-refractivity contribution in [2.75, 3.05) is 10.6 Å². The van der Waals surface area contributed by atoms with E-state index >= 15 is 0 Å². The van der Waals surface area contributed by atoms with Crippen LogP contribution in [0.15, 0.2) is 48.5 Å². The highest BCUT2D eigenvalue weighted by molar-refractivity contribution is 7.92. The Labute approximate surface area is 179 Å². The molecule has 0 saturated carbocycles. The molecular weight excluding hydrogens is 403 g/mol. The molecule has 2 aromatic carbocycles. The SMILES string of the molecule is CC[C@H](C(=O)N[C@H](C)c1ccc(C(C)(C)C)cc1)N(c1ccc(F)cc1)S(C)(=O)=O. The zero-order chi connectivity index (χ0) is 22.7. The lowest BCUT2D eigenvalue weighted by molar-refractivity contribution is -0.122. The Bertz CT molecular complexity index is 965. The van der Waals surface area contributed by atoms with E-state index in [2.05, 4.69) is 26.1 Å². The van der Waals surface area contributed by atoms with E-state index in [1.807, 2.05) is 31.2 Å². The van der Waals surface area contributed by atoms with Crippen LogP contribution in [0.4, 0.5) is 10.1 Å². The Balaban J connectivity index is 2.26. The Morgan fingerprint density at radius 3 is 2.03 bits per heavy atom. The van der Waals surface area contributed by atoms with Crippen molar-refractivity contribution in [1.82, 2.24) is 5.32 Å². The molecule has 164 valence electrons. The Morgan fingerprint density at radius 1 is 1.07 bits per heavy atom. The largest absolute Gasteiger partial charge is 0.348 e. The third kappa shape index (κ3) is 5.81. The zero-order valence-corrected chi connectivity index (χ0v) is 19.3. The molecule has 7 heteroatoms. The van der Waals surface area contributed by atoms with Crippen molar-refractivity contribution in [1.29, 1.82) is 0 Å². The smallest absolute Gasteiger partial charge is 0.244 e. The van der Waals surface area contributed by atoms with E-state index in [9.17, 15) is 17.6 Å². The molecule has 0 aromatic heterocycles. The normalized spacial score (nSPS) is 14.1. The molecule has 0 unspecified atom stereocenters. The number of rotatable bonds is 7. The van der Waals surface area contributed by atoms with E-state index in [-0.39, 0.29) is 23.6 Å². The van der Waals surface area contributed by atoms with Gasteiger partial charge in [0.15, 0.2) is 0 Å². The molecule has 2 atom stereocenters. The molecule has 0 fully saturated rings. The van der Waals surface area contributed by atoms with Gasteiger partial charge < -0.3 is 5.32 Å². The van der Waals surface area contributed by atoms with Crippen LogP contribution in [0.1, 0.15) is 58.2 Å². The summed E-state index contributed by atoms with van der Waals surface area (Å²) in [6.07, 6.45) is 1.31. The van der Waals surface area contributed by atoms with Gasteiger partial charge in [-0.2, -0.15) is 0 Å². The number of carbonyl (C=O) groups excluding carboxylic acids is 1. The number of halogens is 1. The van der Waals surface area contributed by atoms with Crippen LogP contribution in [0.5, 0.6) is 0 Å². The van der Waals surface area contributed by atoms with Crippen molar-refractivity contribution in [3.63, 3.8) is 0 Å². The molecule has 1 N–H and O–H groups in total. The number of sulfonamides is 1. The van der Waals surface area contributed by atoms with Gasteiger partial charge in [0.25, 0.3) is 0 Å². The molecule has 1 amide bonds. The lowest BCUT2D eigenvalue weighted by atomic mass is 9.86. The lowest BCUT2D eigenvalue weighted by Crippen LogP contribution is -2.49. The quantitative estimate of drug-likeness (QED) is 0.695. The summed E-state index contributed by atoms with van der Waals surface area (Å²) in [5.74, 6) is -0.878. The first-order valence-corrected chi connectivity index (χ1v) is 11.8. The third-order valence-corrected chi connectivity index (χ3v) is 6.23. The molecule has 0 saturated heterocycles. The molecule has 0 heterocycles. The summed E-state index contributed by atoms with van der Waals surface area (Å²) < 4.78 is 39.3. The first-order valence-electron chi connectivity index (χ1n) is 10.0. The van der Waals surface area contributed by atoms with Crippen molar-refractivity contribution >= 4 is 21.6 Å². The fourth-order valence-corrected chi connectivity index (χ4v) is 4.52. The van der Waals surface area contributed by atoms with Gasteiger partial charge >= 0.3 is 0 Å². The van der Waals surface area contributed by atoms with Gasteiger partial charge in [0.05, 0.1) is 18.0 Å². The Morgan fingerprint density at radius 2 is 1.60 bits per heavy atom. The van der Waals surface area contributed by atoms with E-state index in [0.717, 1.165) is 16.1 Å². The maximum Gasteiger partial charge on any atom is 0.244 e. The van der Waals surface area contributed by atoms with Gasteiger partial charge in [-0.25, -0.2) is 12.8 Å². The van der Waals surface area contributed by atoms with Crippen LogP contribution in [0.25, 0.3) is 0 Å². The first-order chi connectivity index (χ1) is 13.8. The van der Waals surface area contributed by atoms with Gasteiger partial charge in [0, 0.05) is 0 Å². The highest BCUT2D eigenvalue weighted by atomic mass is 32.2. The molecular formula is C23H31FN2O3S. The van der Waals surface area contributed by atoms with Crippen LogP contribution in [0.3, 0.4) is 0 Å². The summed E-state index contributed by atoms with van der Waals surface area (Å²) in [7, 11) is -3.76. The maximum atomic E-state index is 13.3. The predicted octanol–water partition coefficient (Wildman–Crippen LogP) is 4.55. The number of benzene rings is 2.